The number of nitrogens with one attached hydrogen (secondary N) is 2. The molecule has 1 fully saturated rings. The van der Waals surface area contributed by atoms with Crippen LogP contribution in [0, 0.1) is 17.1 Å². The van der Waals surface area contributed by atoms with E-state index in [9.17, 15) is 39.0 Å². The zero-order valence-corrected chi connectivity index (χ0v) is 26.2. The van der Waals surface area contributed by atoms with Crippen LogP contribution >= 0.6 is 0 Å². The van der Waals surface area contributed by atoms with Gasteiger partial charge in [-0.05, 0) is 50.6 Å². The summed E-state index contributed by atoms with van der Waals surface area (Å²) in [6.07, 6.45) is -6.13. The minimum absolute atomic E-state index is 0.0464. The highest BCUT2D eigenvalue weighted by Crippen LogP contribution is 2.40. The van der Waals surface area contributed by atoms with E-state index in [4.69, 9.17) is 14.2 Å². The van der Waals surface area contributed by atoms with Crippen LogP contribution in [0.1, 0.15) is 39.0 Å². The molecule has 0 spiro atoms. The average molecular weight is 673 g/mol. The molecule has 18 heteroatoms. The topological polar surface area (TPSA) is 233 Å². The normalized spacial score (nSPS) is 21.1. The Morgan fingerprint density at radius 2 is 1.83 bits per heavy atom. The highest BCUT2D eigenvalue weighted by molar-refractivity contribution is 5.98. The Morgan fingerprint density at radius 3 is 2.48 bits per heavy atom. The van der Waals surface area contributed by atoms with Gasteiger partial charge in [0.05, 0.1) is 5.69 Å². The van der Waals surface area contributed by atoms with Gasteiger partial charge in [0.2, 0.25) is 18.3 Å². The van der Waals surface area contributed by atoms with Gasteiger partial charge in [-0.25, -0.2) is 23.5 Å². The molecule has 1 aromatic carbocycles. The maximum atomic E-state index is 13.5. The van der Waals surface area contributed by atoms with Crippen molar-refractivity contribution in [3.63, 3.8) is 0 Å². The largest absolute Gasteiger partial charge is 0.511 e. The first kappa shape index (κ1) is 35.5. The molecular weight excluding hydrogens is 639 g/mol. The van der Waals surface area contributed by atoms with Gasteiger partial charge in [-0.3, -0.25) is 9.59 Å². The molecule has 4 N–H and O–H groups in total. The summed E-state index contributed by atoms with van der Waals surface area (Å²) in [6, 6.07) is 8.75. The number of esters is 1. The first-order chi connectivity index (χ1) is 22.6. The van der Waals surface area contributed by atoms with Crippen molar-refractivity contribution in [1.82, 2.24) is 19.9 Å². The molecule has 1 saturated heterocycles. The van der Waals surface area contributed by atoms with E-state index >= 15 is 0 Å². The van der Waals surface area contributed by atoms with Crippen molar-refractivity contribution in [3.8, 4) is 6.07 Å². The van der Waals surface area contributed by atoms with Crippen molar-refractivity contribution in [3.05, 3.63) is 59.8 Å². The summed E-state index contributed by atoms with van der Waals surface area (Å²) in [7, 11) is 0. The molecule has 0 saturated carbocycles. The predicted molar refractivity (Wildman–Crippen MR) is 158 cm³/mol. The van der Waals surface area contributed by atoms with E-state index in [0.29, 0.717) is 5.56 Å². The molecule has 0 aliphatic carbocycles. The molecule has 2 amide bonds. The summed E-state index contributed by atoms with van der Waals surface area (Å²) in [5, 5.41) is 41.1. The first-order valence-corrected chi connectivity index (χ1v) is 14.4. The van der Waals surface area contributed by atoms with Crippen LogP contribution in [0.15, 0.2) is 42.7 Å². The van der Waals surface area contributed by atoms with Crippen molar-refractivity contribution in [2.24, 2.45) is 0 Å². The molecule has 1 aliphatic rings. The van der Waals surface area contributed by atoms with Crippen LogP contribution in [0.5, 0.6) is 0 Å². The zero-order valence-electron chi connectivity index (χ0n) is 26.2. The monoisotopic (exact) mass is 672 g/mol. The summed E-state index contributed by atoms with van der Waals surface area (Å²) >= 11 is 0. The number of halogens is 1. The van der Waals surface area contributed by atoms with Gasteiger partial charge in [0, 0.05) is 13.3 Å². The average Bonchev–Trinajstić information content (AvgIpc) is 3.55. The molecule has 0 unspecified atom stereocenters. The second kappa shape index (κ2) is 14.6. The summed E-state index contributed by atoms with van der Waals surface area (Å²) < 4.78 is 39.6. The Labute approximate surface area is 272 Å². The highest BCUT2D eigenvalue weighted by atomic mass is 19.1. The van der Waals surface area contributed by atoms with E-state index in [1.807, 2.05) is 6.07 Å². The third kappa shape index (κ3) is 8.31. The number of rotatable bonds is 10. The number of carbonyl (C=O) groups is 4. The molecule has 2 aromatic heterocycles. The molecule has 4 rings (SSSR count). The van der Waals surface area contributed by atoms with Gasteiger partial charge < -0.3 is 44.5 Å². The number of anilines is 1. The third-order valence-electron chi connectivity index (χ3n) is 6.86. The van der Waals surface area contributed by atoms with Crippen molar-refractivity contribution in [1.29, 1.82) is 5.26 Å². The minimum atomic E-state index is -2.24. The van der Waals surface area contributed by atoms with E-state index in [2.05, 4.69) is 30.2 Å². The molecule has 3 aromatic rings. The number of fused-ring (bicyclic) bond motifs is 1. The van der Waals surface area contributed by atoms with Crippen LogP contribution in [0.4, 0.5) is 19.8 Å². The molecule has 0 bridgehead atoms. The fraction of sp³-hybridized carbons (Fsp3) is 0.433. The summed E-state index contributed by atoms with van der Waals surface area (Å²) in [6.45, 7) is 4.69. The number of aromatic nitrogens is 3. The van der Waals surface area contributed by atoms with Gasteiger partial charge in [0.15, 0.2) is 5.82 Å². The number of aliphatic hydroxyl groups is 2. The number of hydrogen-bond donors (Lipinski definition) is 4. The highest BCUT2D eigenvalue weighted by Gasteiger charge is 2.58. The maximum Gasteiger partial charge on any atom is 0.511 e. The maximum absolute atomic E-state index is 13.5. The van der Waals surface area contributed by atoms with E-state index in [1.165, 1.54) is 36.4 Å². The van der Waals surface area contributed by atoms with E-state index in [1.54, 1.807) is 20.8 Å². The lowest BCUT2D eigenvalue weighted by Gasteiger charge is -2.24. The molecule has 5 atom stereocenters. The van der Waals surface area contributed by atoms with E-state index < -0.39 is 78.9 Å². The number of nitrogens with zero attached hydrogens (tertiary/aromatic N) is 4. The van der Waals surface area contributed by atoms with Gasteiger partial charge >= 0.3 is 18.2 Å². The Hall–Kier alpha value is -5.38. The van der Waals surface area contributed by atoms with Gasteiger partial charge in [-0.2, -0.15) is 10.4 Å². The second-order valence-corrected chi connectivity index (χ2v) is 11.5. The number of hydrogen-bond acceptors (Lipinski definition) is 14. The fourth-order valence-corrected chi connectivity index (χ4v) is 4.70. The fourth-order valence-electron chi connectivity index (χ4n) is 4.70. The van der Waals surface area contributed by atoms with Crippen LogP contribution < -0.4 is 10.6 Å². The van der Waals surface area contributed by atoms with Gasteiger partial charge in [-0.1, -0.05) is 12.1 Å². The lowest BCUT2D eigenvalue weighted by molar-refractivity contribution is -0.151. The lowest BCUT2D eigenvalue weighted by Crippen LogP contribution is -2.47. The lowest BCUT2D eigenvalue weighted by atomic mass is 9.92. The molecule has 0 radical (unpaired) electrons. The van der Waals surface area contributed by atoms with Crippen LogP contribution in [-0.4, -0.2) is 92.3 Å². The summed E-state index contributed by atoms with van der Waals surface area (Å²) in [5.41, 5.74) is -2.51. The van der Waals surface area contributed by atoms with Crippen molar-refractivity contribution in [2.75, 3.05) is 18.7 Å². The Bertz CT molecular complexity index is 1700. The summed E-state index contributed by atoms with van der Waals surface area (Å²) in [5.74, 6) is -1.97. The molecule has 3 heterocycles. The van der Waals surface area contributed by atoms with E-state index in [-0.39, 0.29) is 23.4 Å². The number of ether oxygens (including phenoxy) is 5. The van der Waals surface area contributed by atoms with E-state index in [0.717, 1.165) is 17.8 Å². The number of carbonyl (C=O) groups excluding carboxylic acids is 4. The van der Waals surface area contributed by atoms with Crippen molar-refractivity contribution >= 4 is 35.5 Å². The number of alkyl carbamates (subject to hydrolysis) is 1. The standard InChI is InChI=1S/C30H33FN6O11/c1-16(38)45-15-46-28(43)44-12-21-23(39)24(40)30(13-32,47-21)22-10-9-20-25(33-14-34-37(20)22)36-26(41)19(35-27(42)48-29(2,3)4)11-17-5-7-18(31)8-6-17/h5-10,14,19,21,23-24,39-40H,11-12,15H2,1-4H3,(H,35,42)(H,33,34,36,41)/t19-,21+,23+,24+,30-/m0/s1. The summed E-state index contributed by atoms with van der Waals surface area (Å²) in [4.78, 5) is 52.9. The zero-order chi connectivity index (χ0) is 35.2. The van der Waals surface area contributed by atoms with Crippen LogP contribution in [-0.2, 0) is 45.3 Å². The third-order valence-corrected chi connectivity index (χ3v) is 6.86. The molecular formula is C30H33FN6O11. The Morgan fingerprint density at radius 1 is 1.12 bits per heavy atom. The smallest absolute Gasteiger partial charge is 0.444 e. The second-order valence-electron chi connectivity index (χ2n) is 11.5. The van der Waals surface area contributed by atoms with Crippen molar-refractivity contribution < 1.29 is 57.5 Å². The number of nitriles is 1. The van der Waals surface area contributed by atoms with Crippen LogP contribution in [0.2, 0.25) is 0 Å². The number of aliphatic hydroxyl groups excluding tert-OH is 2. The molecule has 17 nitrogen and oxygen atoms in total. The Kier molecular flexibility index (Phi) is 10.8. The van der Waals surface area contributed by atoms with Crippen LogP contribution in [0.25, 0.3) is 5.52 Å². The first-order valence-electron chi connectivity index (χ1n) is 14.4. The SMILES string of the molecule is CC(=O)OCOC(=O)OC[C@H]1O[C@@](C#N)(c2ccc3c(NC(=O)[C@H](Cc4ccc(F)cc4)NC(=O)OC(C)(C)C)ncnn23)[C@H](O)[C@@H]1O. The quantitative estimate of drug-likeness (QED) is 0.136. The van der Waals surface area contributed by atoms with Gasteiger partial charge in [-0.15, -0.1) is 0 Å². The van der Waals surface area contributed by atoms with Crippen LogP contribution in [0.3, 0.4) is 0 Å². The minimum Gasteiger partial charge on any atom is -0.444 e. The van der Waals surface area contributed by atoms with Gasteiger partial charge in [0.25, 0.3) is 0 Å². The number of amides is 2. The van der Waals surface area contributed by atoms with Gasteiger partial charge in [0.1, 0.15) is 60.3 Å². The molecule has 1 aliphatic heterocycles. The predicted octanol–water partition coefficient (Wildman–Crippen LogP) is 1.46. The molecule has 256 valence electrons. The molecule has 48 heavy (non-hydrogen) atoms. The van der Waals surface area contributed by atoms with Crippen molar-refractivity contribution in [2.45, 2.75) is 69.7 Å². The number of benzene rings is 1. The Balaban J connectivity index is 1.55.